The second-order valence-electron chi connectivity index (χ2n) is 9.66. The summed E-state index contributed by atoms with van der Waals surface area (Å²) in [5.41, 5.74) is -1.36. The maximum atomic E-state index is 14.2. The number of aliphatic hydroxyl groups is 1. The number of likely N-dealkylation sites (tertiary alicyclic amines) is 1. The summed E-state index contributed by atoms with van der Waals surface area (Å²) >= 11 is 6.06. The third-order valence-electron chi connectivity index (χ3n) is 7.57. The molecule has 1 N–H and O–H groups in total. The molecule has 1 spiro atoms. The van der Waals surface area contributed by atoms with Crippen LogP contribution < -0.4 is 4.90 Å². The largest absolute Gasteiger partial charge is 0.466 e. The van der Waals surface area contributed by atoms with E-state index in [1.165, 1.54) is 0 Å². The van der Waals surface area contributed by atoms with Crippen molar-refractivity contribution in [2.75, 3.05) is 31.2 Å². The van der Waals surface area contributed by atoms with Gasteiger partial charge in [0.2, 0.25) is 5.91 Å². The first-order chi connectivity index (χ1) is 16.7. The van der Waals surface area contributed by atoms with E-state index in [9.17, 15) is 19.5 Å². The van der Waals surface area contributed by atoms with Crippen LogP contribution in [0.4, 0.5) is 5.69 Å². The molecule has 5 atom stereocenters. The molecular formula is C26H33ClN2O6. The number of ether oxygens (including phenoxy) is 2. The van der Waals surface area contributed by atoms with E-state index in [1.54, 1.807) is 47.1 Å². The van der Waals surface area contributed by atoms with Gasteiger partial charge in [0.15, 0.2) is 0 Å². The Labute approximate surface area is 210 Å². The number of amides is 2. The second-order valence-corrected chi connectivity index (χ2v) is 10.1. The van der Waals surface area contributed by atoms with Gasteiger partial charge in [-0.25, -0.2) is 0 Å². The average Bonchev–Trinajstić information content (AvgIpc) is 3.39. The number of nitrogens with zero attached hydrogens (tertiary/aromatic N) is 2. The van der Waals surface area contributed by atoms with Crippen molar-refractivity contribution in [3.8, 4) is 0 Å². The van der Waals surface area contributed by atoms with Gasteiger partial charge in [0.05, 0.1) is 18.1 Å². The molecule has 1 aromatic carbocycles. The van der Waals surface area contributed by atoms with Crippen LogP contribution in [0.2, 0.25) is 5.02 Å². The standard InChI is InChI=1S/C26H33ClN2O6/c1-4-14-28(18-10-8-17(27)9-11-18)23(32)21-26-13-12-25(3,35-26)20(24(33)34-5-2)19(26)22(31)29(21)15-6-7-16-30/h4,8-11,19-21,30H,1,5-7,12-16H2,2-3H3/t19-,20-,21?,25+,26?/m0/s1. The molecule has 0 aliphatic carbocycles. The summed E-state index contributed by atoms with van der Waals surface area (Å²) in [5.74, 6) is -2.58. The minimum absolute atomic E-state index is 0.0113. The minimum atomic E-state index is -1.12. The first-order valence-electron chi connectivity index (χ1n) is 12.2. The summed E-state index contributed by atoms with van der Waals surface area (Å²) in [6.45, 7) is 8.08. The molecular weight excluding hydrogens is 472 g/mol. The number of rotatable bonds is 10. The monoisotopic (exact) mass is 504 g/mol. The van der Waals surface area contributed by atoms with Crippen molar-refractivity contribution in [2.24, 2.45) is 11.8 Å². The molecule has 8 nitrogen and oxygen atoms in total. The molecule has 0 aromatic heterocycles. The molecule has 2 unspecified atom stereocenters. The van der Waals surface area contributed by atoms with E-state index in [1.807, 2.05) is 6.92 Å². The van der Waals surface area contributed by atoms with Gasteiger partial charge in [-0.15, -0.1) is 6.58 Å². The van der Waals surface area contributed by atoms with Crippen molar-refractivity contribution in [2.45, 2.75) is 56.8 Å². The van der Waals surface area contributed by atoms with Crippen molar-refractivity contribution >= 4 is 35.1 Å². The lowest BCUT2D eigenvalue weighted by Gasteiger charge is -2.36. The fraction of sp³-hybridized carbons (Fsp3) is 0.577. The predicted octanol–water partition coefficient (Wildman–Crippen LogP) is 2.96. The number of carbonyl (C=O) groups excluding carboxylic acids is 3. The Hall–Kier alpha value is -2.42. The van der Waals surface area contributed by atoms with Gasteiger partial charge in [-0.2, -0.15) is 0 Å². The summed E-state index contributed by atoms with van der Waals surface area (Å²) in [6, 6.07) is 6.00. The predicted molar refractivity (Wildman–Crippen MR) is 131 cm³/mol. The van der Waals surface area contributed by atoms with Crippen molar-refractivity contribution in [1.82, 2.24) is 4.90 Å². The highest BCUT2D eigenvalue weighted by atomic mass is 35.5. The van der Waals surface area contributed by atoms with E-state index in [0.29, 0.717) is 36.4 Å². The molecule has 3 fully saturated rings. The molecule has 0 saturated carbocycles. The highest BCUT2D eigenvalue weighted by molar-refractivity contribution is 6.30. The lowest BCUT2D eigenvalue weighted by molar-refractivity contribution is -0.159. The maximum absolute atomic E-state index is 14.2. The lowest BCUT2D eigenvalue weighted by Crippen LogP contribution is -2.56. The van der Waals surface area contributed by atoms with Crippen LogP contribution in [0.1, 0.15) is 39.5 Å². The summed E-state index contributed by atoms with van der Waals surface area (Å²) in [5, 5.41) is 9.84. The Morgan fingerprint density at radius 1 is 1.31 bits per heavy atom. The van der Waals surface area contributed by atoms with Gasteiger partial charge in [0.25, 0.3) is 5.91 Å². The maximum Gasteiger partial charge on any atom is 0.312 e. The first-order valence-corrected chi connectivity index (χ1v) is 12.6. The second kappa shape index (κ2) is 9.91. The van der Waals surface area contributed by atoms with Crippen LogP contribution in [-0.4, -0.2) is 71.3 Å². The van der Waals surface area contributed by atoms with Gasteiger partial charge in [-0.1, -0.05) is 17.7 Å². The molecule has 9 heteroatoms. The molecule has 4 rings (SSSR count). The number of hydrogen-bond donors (Lipinski definition) is 1. The molecule has 190 valence electrons. The van der Waals surface area contributed by atoms with E-state index >= 15 is 0 Å². The van der Waals surface area contributed by atoms with Crippen LogP contribution in [0, 0.1) is 11.8 Å². The Bertz CT molecular complexity index is 1000. The normalized spacial score (nSPS) is 30.9. The first kappa shape index (κ1) is 25.7. The SMILES string of the molecule is C=CCN(C(=O)C1N(CCCCO)C(=O)[C@@H]2[C@@H](C(=O)OCC)[C@@]3(C)CCC12O3)c1ccc(Cl)cc1. The molecule has 3 heterocycles. The van der Waals surface area contributed by atoms with Gasteiger partial charge in [-0.3, -0.25) is 14.4 Å². The quantitative estimate of drug-likeness (QED) is 0.299. The third-order valence-corrected chi connectivity index (χ3v) is 7.83. The van der Waals surface area contributed by atoms with Crippen molar-refractivity contribution in [3.63, 3.8) is 0 Å². The number of halogens is 1. The number of hydrogen-bond acceptors (Lipinski definition) is 6. The fourth-order valence-electron chi connectivity index (χ4n) is 6.15. The van der Waals surface area contributed by atoms with Crippen LogP contribution in [0.25, 0.3) is 0 Å². The molecule has 35 heavy (non-hydrogen) atoms. The summed E-state index contributed by atoms with van der Waals surface area (Å²) in [7, 11) is 0. The zero-order valence-corrected chi connectivity index (χ0v) is 21.0. The zero-order chi connectivity index (χ0) is 25.4. The smallest absolute Gasteiger partial charge is 0.312 e. The molecule has 2 amide bonds. The molecule has 3 aliphatic heterocycles. The topological polar surface area (TPSA) is 96.4 Å². The number of fused-ring (bicyclic) bond motifs is 1. The van der Waals surface area contributed by atoms with E-state index in [4.69, 9.17) is 21.1 Å². The van der Waals surface area contributed by atoms with Gasteiger partial charge >= 0.3 is 5.97 Å². The molecule has 1 aromatic rings. The fourth-order valence-corrected chi connectivity index (χ4v) is 6.28. The molecule has 2 bridgehead atoms. The third kappa shape index (κ3) is 4.15. The Morgan fingerprint density at radius 2 is 2.03 bits per heavy atom. The summed E-state index contributed by atoms with van der Waals surface area (Å²) < 4.78 is 11.9. The van der Waals surface area contributed by atoms with Crippen molar-refractivity contribution in [3.05, 3.63) is 41.9 Å². The Morgan fingerprint density at radius 3 is 2.66 bits per heavy atom. The Balaban J connectivity index is 1.77. The number of anilines is 1. The van der Waals surface area contributed by atoms with Crippen LogP contribution >= 0.6 is 11.6 Å². The van der Waals surface area contributed by atoms with Gasteiger partial charge in [0, 0.05) is 30.4 Å². The van der Waals surface area contributed by atoms with E-state index in [-0.39, 0.29) is 38.1 Å². The zero-order valence-electron chi connectivity index (χ0n) is 20.2. The highest BCUT2D eigenvalue weighted by Crippen LogP contribution is 2.63. The van der Waals surface area contributed by atoms with E-state index in [2.05, 4.69) is 6.58 Å². The molecule has 0 radical (unpaired) electrons. The minimum Gasteiger partial charge on any atom is -0.466 e. The molecule has 3 aliphatic rings. The Kier molecular flexibility index (Phi) is 7.27. The van der Waals surface area contributed by atoms with Crippen LogP contribution in [0.3, 0.4) is 0 Å². The number of aliphatic hydroxyl groups excluding tert-OH is 1. The van der Waals surface area contributed by atoms with E-state index < -0.39 is 35.0 Å². The van der Waals surface area contributed by atoms with Gasteiger partial charge < -0.3 is 24.4 Å². The van der Waals surface area contributed by atoms with Crippen LogP contribution in [0.15, 0.2) is 36.9 Å². The van der Waals surface area contributed by atoms with E-state index in [0.717, 1.165) is 0 Å². The van der Waals surface area contributed by atoms with Crippen molar-refractivity contribution < 1.29 is 29.0 Å². The number of benzene rings is 1. The lowest BCUT2D eigenvalue weighted by atomic mass is 9.66. The summed E-state index contributed by atoms with van der Waals surface area (Å²) in [6.07, 6.45) is 3.70. The average molecular weight is 505 g/mol. The number of unbranched alkanes of at least 4 members (excludes halogenated alkanes) is 1. The van der Waals surface area contributed by atoms with Gasteiger partial charge in [0.1, 0.15) is 17.6 Å². The van der Waals surface area contributed by atoms with Gasteiger partial charge in [-0.05, 0) is 63.8 Å². The van der Waals surface area contributed by atoms with Crippen molar-refractivity contribution in [1.29, 1.82) is 0 Å². The molecule has 3 saturated heterocycles. The summed E-state index contributed by atoms with van der Waals surface area (Å²) in [4.78, 5) is 44.3. The number of esters is 1. The highest BCUT2D eigenvalue weighted by Gasteiger charge is 2.78. The number of carbonyl (C=O) groups is 3. The van der Waals surface area contributed by atoms with Crippen LogP contribution in [0.5, 0.6) is 0 Å². The van der Waals surface area contributed by atoms with Crippen LogP contribution in [-0.2, 0) is 23.9 Å².